The molecule has 0 unspecified atom stereocenters. The number of nitrogens with zero attached hydrogens (tertiary/aromatic N) is 4. The maximum Gasteiger partial charge on any atom is -0.0512 e. The Hall–Kier alpha value is -6.26. The third kappa shape index (κ3) is 5.50. The molecule has 10 aromatic rings. The first kappa shape index (κ1) is 29.6. The van der Waals surface area contributed by atoms with Crippen LogP contribution in [0.5, 0.6) is 0 Å². The Kier molecular flexibility index (Phi) is 7.12. The number of fused-ring (bicyclic) bond motifs is 5. The standard InChI is InChI=1S/C46H28N4Se/c1-3-10-32(11-4-1)43-48-44(37-21-16-29-9-7-8-14-34(29)25-37)50-45(49-43)38-22-17-30-15-19-35(26-39(30)27-38)36-20-18-31-23-24-41-42(40(31)28-36)51-46(47-41)33-12-5-2-6-13-33/h1-28H. The molecule has 51 heavy (non-hydrogen) atoms. The average molecular weight is 716 g/mol. The van der Waals surface area contributed by atoms with Crippen LogP contribution in [0.3, 0.4) is 0 Å². The van der Waals surface area contributed by atoms with Crippen molar-refractivity contribution in [2.75, 3.05) is 0 Å². The molecule has 0 atom stereocenters. The molecule has 238 valence electrons. The summed E-state index contributed by atoms with van der Waals surface area (Å²) in [6, 6.07) is 59.8. The van der Waals surface area contributed by atoms with Gasteiger partial charge in [-0.25, -0.2) is 4.98 Å². The van der Waals surface area contributed by atoms with Crippen LogP contribution in [0, 0.1) is 0 Å². The maximum atomic E-state index is 5.06. The third-order valence-electron chi connectivity index (χ3n) is 9.50. The van der Waals surface area contributed by atoms with Crippen LogP contribution in [0.25, 0.3) is 97.5 Å². The molecule has 0 aliphatic carbocycles. The summed E-state index contributed by atoms with van der Waals surface area (Å²) in [4.78, 5) is 20.1. The predicted octanol–water partition coefficient (Wildman–Crippen LogP) is 11.3. The second kappa shape index (κ2) is 12.3. The van der Waals surface area contributed by atoms with Gasteiger partial charge in [0.05, 0.1) is 0 Å². The van der Waals surface area contributed by atoms with E-state index >= 15 is 0 Å². The van der Waals surface area contributed by atoms with Crippen molar-refractivity contribution in [3.63, 3.8) is 0 Å². The van der Waals surface area contributed by atoms with Crippen molar-refractivity contribution in [2.24, 2.45) is 0 Å². The van der Waals surface area contributed by atoms with Crippen molar-refractivity contribution in [1.82, 2.24) is 19.9 Å². The van der Waals surface area contributed by atoms with Gasteiger partial charge in [0.15, 0.2) is 0 Å². The molecule has 0 fully saturated rings. The molecular formula is C46H28N4Se. The zero-order valence-corrected chi connectivity index (χ0v) is 29.1. The SMILES string of the molecule is c1ccc(-c2nc(-c3ccc4ccccc4c3)nc(-c3ccc4ccc(-c5ccc6ccc7nc(-c8ccccc8)[se]c7c6c5)cc4c3)n2)cc1. The molecule has 5 heteroatoms. The fourth-order valence-corrected chi connectivity index (χ4v) is 9.13. The fraction of sp³-hybridized carbons (Fsp3) is 0. The average Bonchev–Trinajstić information content (AvgIpc) is 3.66. The van der Waals surface area contributed by atoms with Crippen LogP contribution in [-0.4, -0.2) is 34.4 Å². The van der Waals surface area contributed by atoms with E-state index in [1.54, 1.807) is 0 Å². The van der Waals surface area contributed by atoms with Crippen molar-refractivity contribution in [1.29, 1.82) is 0 Å². The van der Waals surface area contributed by atoms with Crippen LogP contribution in [0.2, 0.25) is 0 Å². The third-order valence-corrected chi connectivity index (χ3v) is 11.9. The molecule has 0 spiro atoms. The first-order valence-electron chi connectivity index (χ1n) is 17.0. The van der Waals surface area contributed by atoms with Crippen molar-refractivity contribution < 1.29 is 0 Å². The summed E-state index contributed by atoms with van der Waals surface area (Å²) in [5.74, 6) is 1.96. The Morgan fingerprint density at radius 1 is 0.314 bits per heavy atom. The van der Waals surface area contributed by atoms with Gasteiger partial charge in [0.2, 0.25) is 0 Å². The number of aromatic nitrogens is 4. The van der Waals surface area contributed by atoms with Crippen molar-refractivity contribution >= 4 is 56.6 Å². The summed E-state index contributed by atoms with van der Waals surface area (Å²) in [6.45, 7) is 0. The molecular weight excluding hydrogens is 687 g/mol. The molecule has 0 saturated carbocycles. The Morgan fingerprint density at radius 3 is 1.51 bits per heavy atom. The van der Waals surface area contributed by atoms with Gasteiger partial charge in [-0.1, -0.05) is 66.7 Å². The summed E-state index contributed by atoms with van der Waals surface area (Å²) in [7, 11) is 0. The zero-order chi connectivity index (χ0) is 33.7. The number of hydrogen-bond donors (Lipinski definition) is 0. The largest absolute Gasteiger partial charge is 0.0615 e. The topological polar surface area (TPSA) is 51.6 Å². The molecule has 2 heterocycles. The van der Waals surface area contributed by atoms with Gasteiger partial charge >= 0.3 is 202 Å². The predicted molar refractivity (Wildman–Crippen MR) is 212 cm³/mol. The summed E-state index contributed by atoms with van der Waals surface area (Å²) in [5, 5.41) is 7.18. The summed E-state index contributed by atoms with van der Waals surface area (Å²) < 4.78 is 2.54. The van der Waals surface area contributed by atoms with E-state index in [2.05, 4.69) is 140 Å². The van der Waals surface area contributed by atoms with E-state index < -0.39 is 0 Å². The second-order valence-electron chi connectivity index (χ2n) is 12.7. The summed E-state index contributed by atoms with van der Waals surface area (Å²) in [5.41, 5.74) is 7.54. The normalized spacial score (nSPS) is 11.5. The molecule has 0 bridgehead atoms. The number of rotatable bonds is 5. The van der Waals surface area contributed by atoms with Crippen molar-refractivity contribution in [3.8, 4) is 55.4 Å². The summed E-state index contributed by atoms with van der Waals surface area (Å²) in [6.07, 6.45) is 0. The van der Waals surface area contributed by atoms with Crippen LogP contribution in [-0.2, 0) is 0 Å². The molecule has 10 rings (SSSR count). The van der Waals surface area contributed by atoms with E-state index in [0.29, 0.717) is 17.5 Å². The van der Waals surface area contributed by atoms with E-state index in [0.717, 1.165) is 33.0 Å². The van der Waals surface area contributed by atoms with Crippen LogP contribution >= 0.6 is 0 Å². The van der Waals surface area contributed by atoms with Crippen LogP contribution in [0.15, 0.2) is 170 Å². The molecule has 0 saturated heterocycles. The zero-order valence-electron chi connectivity index (χ0n) is 27.4. The van der Waals surface area contributed by atoms with E-state index in [-0.39, 0.29) is 14.5 Å². The molecule has 0 N–H and O–H groups in total. The smallest absolute Gasteiger partial charge is 0.0512 e. The Bertz CT molecular complexity index is 2920. The second-order valence-corrected chi connectivity index (χ2v) is 14.8. The van der Waals surface area contributed by atoms with E-state index in [1.807, 2.05) is 30.3 Å². The van der Waals surface area contributed by atoms with Crippen molar-refractivity contribution in [2.45, 2.75) is 0 Å². The molecule has 0 aliphatic rings. The van der Waals surface area contributed by atoms with Crippen molar-refractivity contribution in [3.05, 3.63) is 170 Å². The number of benzene rings is 8. The van der Waals surface area contributed by atoms with Gasteiger partial charge in [-0.05, 0) is 16.8 Å². The van der Waals surface area contributed by atoms with Gasteiger partial charge in [-0.2, -0.15) is 0 Å². The van der Waals surface area contributed by atoms with Gasteiger partial charge in [-0.3, -0.25) is 0 Å². The van der Waals surface area contributed by atoms with Gasteiger partial charge in [0.1, 0.15) is 0 Å². The molecule has 0 aliphatic heterocycles. The Labute approximate surface area is 300 Å². The fourth-order valence-electron chi connectivity index (χ4n) is 6.83. The minimum Gasteiger partial charge on any atom is -0.0615 e. The Morgan fingerprint density at radius 2 is 0.804 bits per heavy atom. The quantitative estimate of drug-likeness (QED) is 0.167. The van der Waals surface area contributed by atoms with Crippen LogP contribution in [0.1, 0.15) is 0 Å². The van der Waals surface area contributed by atoms with Gasteiger partial charge < -0.3 is 0 Å². The minimum absolute atomic E-state index is 0.141. The summed E-state index contributed by atoms with van der Waals surface area (Å²) >= 11 is 0.141. The maximum absolute atomic E-state index is 5.06. The van der Waals surface area contributed by atoms with E-state index in [4.69, 9.17) is 19.9 Å². The minimum atomic E-state index is 0.141. The molecule has 8 aromatic carbocycles. The number of hydrogen-bond acceptors (Lipinski definition) is 4. The van der Waals surface area contributed by atoms with Crippen LogP contribution < -0.4 is 0 Å². The van der Waals surface area contributed by atoms with E-state index in [9.17, 15) is 0 Å². The first-order chi connectivity index (χ1) is 25.2. The van der Waals surface area contributed by atoms with Crippen LogP contribution in [0.4, 0.5) is 0 Å². The molecule has 0 radical (unpaired) electrons. The van der Waals surface area contributed by atoms with Gasteiger partial charge in [0, 0.05) is 11.1 Å². The first-order valence-corrected chi connectivity index (χ1v) is 18.7. The molecule has 4 nitrogen and oxygen atoms in total. The monoisotopic (exact) mass is 716 g/mol. The molecule has 2 aromatic heterocycles. The molecule has 0 amide bonds. The van der Waals surface area contributed by atoms with Gasteiger partial charge in [-0.15, -0.1) is 0 Å². The van der Waals surface area contributed by atoms with E-state index in [1.165, 1.54) is 47.1 Å². The van der Waals surface area contributed by atoms with Gasteiger partial charge in [0.25, 0.3) is 0 Å². The Balaban J connectivity index is 1.08.